The minimum absolute atomic E-state index is 0. The van der Waals surface area contributed by atoms with Crippen LogP contribution in [0, 0.1) is 0 Å². The van der Waals surface area contributed by atoms with Crippen molar-refractivity contribution in [2.45, 2.75) is 27.2 Å². The SMILES string of the molecule is CCNC(=NCCc1cccc(OCC)c1)NCC.I. The molecule has 0 heterocycles. The summed E-state index contributed by atoms with van der Waals surface area (Å²) >= 11 is 0. The number of aliphatic imine (C=N–C) groups is 1. The van der Waals surface area contributed by atoms with Crippen molar-refractivity contribution in [3.8, 4) is 5.75 Å². The van der Waals surface area contributed by atoms with Crippen LogP contribution in [0.4, 0.5) is 0 Å². The minimum atomic E-state index is 0. The van der Waals surface area contributed by atoms with Crippen LogP contribution in [-0.4, -0.2) is 32.2 Å². The number of nitrogens with zero attached hydrogens (tertiary/aromatic N) is 1. The van der Waals surface area contributed by atoms with Crippen LogP contribution in [0.2, 0.25) is 0 Å². The molecule has 0 spiro atoms. The van der Waals surface area contributed by atoms with Crippen molar-refractivity contribution in [3.63, 3.8) is 0 Å². The minimum Gasteiger partial charge on any atom is -0.494 e. The molecule has 114 valence electrons. The molecule has 0 aliphatic rings. The Kier molecular flexibility index (Phi) is 11.2. The fraction of sp³-hybridized carbons (Fsp3) is 0.533. The number of ether oxygens (including phenoxy) is 1. The van der Waals surface area contributed by atoms with Gasteiger partial charge in [-0.25, -0.2) is 0 Å². The molecule has 0 radical (unpaired) electrons. The number of hydrogen-bond acceptors (Lipinski definition) is 2. The summed E-state index contributed by atoms with van der Waals surface area (Å²) in [5.41, 5.74) is 1.25. The first-order valence-corrected chi connectivity index (χ1v) is 7.04. The highest BCUT2D eigenvalue weighted by Gasteiger charge is 1.97. The topological polar surface area (TPSA) is 45.7 Å². The largest absolute Gasteiger partial charge is 0.494 e. The van der Waals surface area contributed by atoms with Gasteiger partial charge in [-0.3, -0.25) is 4.99 Å². The van der Waals surface area contributed by atoms with E-state index in [1.54, 1.807) is 0 Å². The number of benzene rings is 1. The fourth-order valence-corrected chi connectivity index (χ4v) is 1.76. The Morgan fingerprint density at radius 3 is 2.45 bits per heavy atom. The van der Waals surface area contributed by atoms with E-state index in [0.29, 0.717) is 6.61 Å². The van der Waals surface area contributed by atoms with Crippen molar-refractivity contribution < 1.29 is 4.74 Å². The van der Waals surface area contributed by atoms with Crippen LogP contribution < -0.4 is 15.4 Å². The predicted molar refractivity (Wildman–Crippen MR) is 96.4 cm³/mol. The first-order valence-electron chi connectivity index (χ1n) is 7.04. The Labute approximate surface area is 139 Å². The smallest absolute Gasteiger partial charge is 0.191 e. The Balaban J connectivity index is 0.00000361. The number of rotatable bonds is 7. The Hall–Kier alpha value is -0.980. The molecule has 2 N–H and O–H groups in total. The summed E-state index contributed by atoms with van der Waals surface area (Å²) in [7, 11) is 0. The molecule has 1 aromatic carbocycles. The molecule has 1 aromatic rings. The van der Waals surface area contributed by atoms with E-state index in [-0.39, 0.29) is 24.0 Å². The van der Waals surface area contributed by atoms with Gasteiger partial charge >= 0.3 is 0 Å². The van der Waals surface area contributed by atoms with E-state index in [4.69, 9.17) is 4.74 Å². The summed E-state index contributed by atoms with van der Waals surface area (Å²) in [6.45, 7) is 9.36. The van der Waals surface area contributed by atoms with Crippen LogP contribution in [-0.2, 0) is 6.42 Å². The summed E-state index contributed by atoms with van der Waals surface area (Å²) in [4.78, 5) is 4.53. The Bertz CT molecular complexity index is 388. The molecule has 0 atom stereocenters. The highest BCUT2D eigenvalue weighted by Crippen LogP contribution is 2.13. The lowest BCUT2D eigenvalue weighted by Crippen LogP contribution is -2.37. The summed E-state index contributed by atoms with van der Waals surface area (Å²) < 4.78 is 5.49. The highest BCUT2D eigenvalue weighted by molar-refractivity contribution is 14.0. The first-order chi connectivity index (χ1) is 9.30. The van der Waals surface area contributed by atoms with Crippen molar-refractivity contribution in [2.24, 2.45) is 4.99 Å². The average molecular weight is 391 g/mol. The third-order valence-corrected chi connectivity index (χ3v) is 2.57. The molecule has 5 heteroatoms. The van der Waals surface area contributed by atoms with Crippen LogP contribution in [0.25, 0.3) is 0 Å². The maximum Gasteiger partial charge on any atom is 0.191 e. The zero-order chi connectivity index (χ0) is 13.9. The van der Waals surface area contributed by atoms with Gasteiger partial charge in [0.1, 0.15) is 5.75 Å². The summed E-state index contributed by atoms with van der Waals surface area (Å²) in [6, 6.07) is 8.20. The predicted octanol–water partition coefficient (Wildman–Crippen LogP) is 2.82. The van der Waals surface area contributed by atoms with E-state index in [1.807, 2.05) is 19.1 Å². The molecule has 0 aromatic heterocycles. The van der Waals surface area contributed by atoms with Crippen molar-refractivity contribution in [1.82, 2.24) is 10.6 Å². The zero-order valence-corrected chi connectivity index (χ0v) is 14.9. The first kappa shape index (κ1) is 19.0. The molecule has 20 heavy (non-hydrogen) atoms. The lowest BCUT2D eigenvalue weighted by atomic mass is 10.1. The third kappa shape index (κ3) is 7.57. The van der Waals surface area contributed by atoms with Crippen LogP contribution >= 0.6 is 24.0 Å². The second kappa shape index (κ2) is 11.8. The highest BCUT2D eigenvalue weighted by atomic mass is 127. The summed E-state index contributed by atoms with van der Waals surface area (Å²) in [5, 5.41) is 6.43. The molecule has 0 bridgehead atoms. The molecule has 4 nitrogen and oxygen atoms in total. The van der Waals surface area contributed by atoms with Crippen molar-refractivity contribution in [3.05, 3.63) is 29.8 Å². The van der Waals surface area contributed by atoms with Gasteiger partial charge in [0, 0.05) is 19.6 Å². The second-order valence-corrected chi connectivity index (χ2v) is 4.12. The third-order valence-electron chi connectivity index (χ3n) is 2.57. The fourth-order valence-electron chi connectivity index (χ4n) is 1.76. The van der Waals surface area contributed by atoms with Crippen LogP contribution in [0.15, 0.2) is 29.3 Å². The molecule has 0 aliphatic carbocycles. The average Bonchev–Trinajstić information content (AvgIpc) is 2.40. The summed E-state index contributed by atoms with van der Waals surface area (Å²) in [6.07, 6.45) is 0.918. The zero-order valence-electron chi connectivity index (χ0n) is 12.6. The molecule has 0 saturated heterocycles. The number of halogens is 1. The lowest BCUT2D eigenvalue weighted by molar-refractivity contribution is 0.340. The van der Waals surface area contributed by atoms with Crippen molar-refractivity contribution in [1.29, 1.82) is 0 Å². The molecule has 1 rings (SSSR count). The number of guanidine groups is 1. The van der Waals surface area contributed by atoms with Gasteiger partial charge in [-0.2, -0.15) is 0 Å². The van der Waals surface area contributed by atoms with Crippen molar-refractivity contribution >= 4 is 29.9 Å². The number of hydrogen-bond donors (Lipinski definition) is 2. The van der Waals surface area contributed by atoms with Gasteiger partial charge in [0.15, 0.2) is 5.96 Å². The van der Waals surface area contributed by atoms with E-state index in [2.05, 4.69) is 41.6 Å². The Morgan fingerprint density at radius 2 is 1.85 bits per heavy atom. The summed E-state index contributed by atoms with van der Waals surface area (Å²) in [5.74, 6) is 1.81. The van der Waals surface area contributed by atoms with Gasteiger partial charge in [0.2, 0.25) is 0 Å². The second-order valence-electron chi connectivity index (χ2n) is 4.12. The van der Waals surface area contributed by atoms with Gasteiger partial charge < -0.3 is 15.4 Å². The lowest BCUT2D eigenvalue weighted by Gasteiger charge is -2.09. The van der Waals surface area contributed by atoms with E-state index < -0.39 is 0 Å². The standard InChI is InChI=1S/C15H25N3O.HI/c1-4-16-15(17-5-2)18-11-10-13-8-7-9-14(12-13)19-6-3;/h7-9,12H,4-6,10-11H2,1-3H3,(H2,16,17,18);1H. The molecule has 0 saturated carbocycles. The van der Waals surface area contributed by atoms with E-state index in [0.717, 1.165) is 37.8 Å². The van der Waals surface area contributed by atoms with Gasteiger partial charge in [-0.05, 0) is 44.9 Å². The molecule has 0 aliphatic heterocycles. The van der Waals surface area contributed by atoms with Crippen LogP contribution in [0.1, 0.15) is 26.3 Å². The van der Waals surface area contributed by atoms with Gasteiger partial charge in [-0.1, -0.05) is 12.1 Å². The van der Waals surface area contributed by atoms with Crippen LogP contribution in [0.5, 0.6) is 5.75 Å². The maximum atomic E-state index is 5.49. The van der Waals surface area contributed by atoms with Gasteiger partial charge in [0.05, 0.1) is 6.61 Å². The monoisotopic (exact) mass is 391 g/mol. The molecular weight excluding hydrogens is 365 g/mol. The van der Waals surface area contributed by atoms with Gasteiger partial charge in [0.25, 0.3) is 0 Å². The number of nitrogens with one attached hydrogen (secondary N) is 2. The Morgan fingerprint density at radius 1 is 1.15 bits per heavy atom. The normalized spacial score (nSPS) is 9.35. The van der Waals surface area contributed by atoms with E-state index in [1.165, 1.54) is 5.56 Å². The van der Waals surface area contributed by atoms with Crippen molar-refractivity contribution in [2.75, 3.05) is 26.2 Å². The van der Waals surface area contributed by atoms with E-state index in [9.17, 15) is 0 Å². The maximum absolute atomic E-state index is 5.49. The molecule has 0 unspecified atom stereocenters. The molecule has 0 amide bonds. The molecule has 0 fully saturated rings. The van der Waals surface area contributed by atoms with Gasteiger partial charge in [-0.15, -0.1) is 24.0 Å². The quantitative estimate of drug-likeness (QED) is 0.427. The van der Waals surface area contributed by atoms with Crippen LogP contribution in [0.3, 0.4) is 0 Å². The van der Waals surface area contributed by atoms with E-state index >= 15 is 0 Å². The molecular formula is C15H26IN3O.